The number of Topliss-reactive ketones (excluding diaryl/α,β-unsaturated/α-hetero) is 1. The van der Waals surface area contributed by atoms with Crippen molar-refractivity contribution in [2.75, 3.05) is 4.90 Å². The number of ketones is 1. The first-order valence-electron chi connectivity index (χ1n) is 9.58. The Hall–Kier alpha value is -4.01. The summed E-state index contributed by atoms with van der Waals surface area (Å²) in [6.45, 7) is 0. The molecule has 4 rings (SSSR count). The molecule has 0 aromatic heterocycles. The van der Waals surface area contributed by atoms with E-state index in [2.05, 4.69) is 0 Å². The molecule has 1 unspecified atom stereocenters. The molecule has 3 aromatic rings. The quantitative estimate of drug-likeness (QED) is 0.240. The molecule has 0 saturated carbocycles. The van der Waals surface area contributed by atoms with E-state index in [0.717, 1.165) is 47.4 Å². The van der Waals surface area contributed by atoms with Gasteiger partial charge in [0.2, 0.25) is 0 Å². The summed E-state index contributed by atoms with van der Waals surface area (Å²) >= 11 is 0. The fraction of sp³-hybridized carbons (Fsp3) is 0.0833. The zero-order valence-corrected chi connectivity index (χ0v) is 16.6. The van der Waals surface area contributed by atoms with Crippen LogP contribution < -0.4 is 4.90 Å². The van der Waals surface area contributed by atoms with Crippen LogP contribution in [0.2, 0.25) is 0 Å². The summed E-state index contributed by atoms with van der Waals surface area (Å²) in [5.74, 6) is -4.40. The number of alkyl halides is 3. The summed E-state index contributed by atoms with van der Waals surface area (Å²) < 4.78 is 66.9. The van der Waals surface area contributed by atoms with Gasteiger partial charge in [0, 0.05) is 16.8 Å². The topological polar surface area (TPSA) is 57.6 Å². The van der Waals surface area contributed by atoms with Crippen LogP contribution >= 0.6 is 0 Å². The van der Waals surface area contributed by atoms with E-state index in [9.17, 15) is 36.6 Å². The molecule has 9 heteroatoms. The third kappa shape index (κ3) is 3.97. The Morgan fingerprint density at radius 1 is 0.848 bits per heavy atom. The molecular formula is C24H14F5NO3. The Morgan fingerprint density at radius 2 is 1.45 bits per heavy atom. The lowest BCUT2D eigenvalue weighted by atomic mass is 9.94. The van der Waals surface area contributed by atoms with E-state index in [0.29, 0.717) is 0 Å². The van der Waals surface area contributed by atoms with Crippen molar-refractivity contribution in [1.82, 2.24) is 0 Å². The number of benzene rings is 3. The summed E-state index contributed by atoms with van der Waals surface area (Å²) in [6, 6.07) is 11.6. The standard InChI is InChI=1S/C24H14F5NO3/c25-15-9-5-13(6-10-15)21(31)19-20(17-3-1-2-4-18(17)26)30(23(33)22(19)32)16-11-7-14(8-12-16)24(27,28)29/h1-12,20,31H/b21-19+. The number of amides is 1. The van der Waals surface area contributed by atoms with Crippen LogP contribution in [-0.4, -0.2) is 16.8 Å². The molecule has 168 valence electrons. The number of hydrogen-bond donors (Lipinski definition) is 1. The van der Waals surface area contributed by atoms with E-state index < -0.39 is 52.4 Å². The predicted octanol–water partition coefficient (Wildman–Crippen LogP) is 5.61. The van der Waals surface area contributed by atoms with E-state index in [1.54, 1.807) is 0 Å². The number of nitrogens with zero attached hydrogens (tertiary/aromatic N) is 1. The van der Waals surface area contributed by atoms with E-state index in [1.807, 2.05) is 0 Å². The van der Waals surface area contributed by atoms with Crippen molar-refractivity contribution in [2.24, 2.45) is 0 Å². The molecule has 0 radical (unpaired) electrons. The van der Waals surface area contributed by atoms with Crippen LogP contribution in [0, 0.1) is 11.6 Å². The molecule has 1 aliphatic heterocycles. The molecule has 33 heavy (non-hydrogen) atoms. The molecule has 1 amide bonds. The smallest absolute Gasteiger partial charge is 0.416 e. The van der Waals surface area contributed by atoms with Crippen LogP contribution in [0.25, 0.3) is 5.76 Å². The Morgan fingerprint density at radius 3 is 2.03 bits per heavy atom. The molecule has 1 N–H and O–H groups in total. The minimum atomic E-state index is -4.62. The summed E-state index contributed by atoms with van der Waals surface area (Å²) in [5.41, 5.74) is -1.70. The number of anilines is 1. The van der Waals surface area contributed by atoms with Gasteiger partial charge < -0.3 is 5.11 Å². The highest BCUT2D eigenvalue weighted by Gasteiger charge is 2.48. The number of hydrogen-bond acceptors (Lipinski definition) is 3. The Balaban J connectivity index is 1.92. The number of halogens is 5. The van der Waals surface area contributed by atoms with Gasteiger partial charge in [-0.2, -0.15) is 13.2 Å². The van der Waals surface area contributed by atoms with Crippen molar-refractivity contribution < 1.29 is 36.6 Å². The third-order valence-corrected chi connectivity index (χ3v) is 5.23. The number of rotatable bonds is 3. The van der Waals surface area contributed by atoms with Gasteiger partial charge in [-0.05, 0) is 54.6 Å². The Bertz CT molecular complexity index is 1260. The average Bonchev–Trinajstić information content (AvgIpc) is 3.04. The van der Waals surface area contributed by atoms with E-state index in [1.165, 1.54) is 30.3 Å². The Labute approximate surface area is 184 Å². The van der Waals surface area contributed by atoms with Gasteiger partial charge >= 0.3 is 6.18 Å². The first-order chi connectivity index (χ1) is 15.6. The van der Waals surface area contributed by atoms with Crippen LogP contribution in [0.5, 0.6) is 0 Å². The summed E-state index contributed by atoms with van der Waals surface area (Å²) in [7, 11) is 0. The van der Waals surface area contributed by atoms with E-state index in [-0.39, 0.29) is 16.8 Å². The zero-order valence-electron chi connectivity index (χ0n) is 16.6. The highest BCUT2D eigenvalue weighted by atomic mass is 19.4. The monoisotopic (exact) mass is 459 g/mol. The maximum absolute atomic E-state index is 14.7. The molecule has 4 nitrogen and oxygen atoms in total. The zero-order chi connectivity index (χ0) is 23.9. The van der Waals surface area contributed by atoms with Crippen LogP contribution in [0.4, 0.5) is 27.6 Å². The van der Waals surface area contributed by atoms with Gasteiger partial charge in [0.15, 0.2) is 0 Å². The lowest BCUT2D eigenvalue weighted by molar-refractivity contribution is -0.137. The van der Waals surface area contributed by atoms with Gasteiger partial charge in [-0.25, -0.2) is 8.78 Å². The average molecular weight is 459 g/mol. The molecule has 1 atom stereocenters. The van der Waals surface area contributed by atoms with Crippen molar-refractivity contribution in [2.45, 2.75) is 12.2 Å². The number of aliphatic hydroxyl groups is 1. The van der Waals surface area contributed by atoms with Gasteiger partial charge in [0.05, 0.1) is 17.2 Å². The molecule has 3 aromatic carbocycles. The summed E-state index contributed by atoms with van der Waals surface area (Å²) in [5, 5.41) is 10.8. The van der Waals surface area contributed by atoms with Gasteiger partial charge in [-0.1, -0.05) is 18.2 Å². The number of carbonyl (C=O) groups excluding carboxylic acids is 2. The minimum absolute atomic E-state index is 0.00292. The minimum Gasteiger partial charge on any atom is -0.507 e. The van der Waals surface area contributed by atoms with Crippen molar-refractivity contribution in [3.8, 4) is 0 Å². The first-order valence-corrected chi connectivity index (χ1v) is 9.58. The molecule has 1 heterocycles. The molecule has 0 spiro atoms. The highest BCUT2D eigenvalue weighted by Crippen LogP contribution is 2.43. The molecule has 1 fully saturated rings. The molecule has 0 aliphatic carbocycles. The number of carbonyl (C=O) groups is 2. The molecular weight excluding hydrogens is 445 g/mol. The van der Waals surface area contributed by atoms with Crippen LogP contribution in [-0.2, 0) is 15.8 Å². The van der Waals surface area contributed by atoms with Crippen molar-refractivity contribution in [3.63, 3.8) is 0 Å². The highest BCUT2D eigenvalue weighted by molar-refractivity contribution is 6.51. The van der Waals surface area contributed by atoms with Gasteiger partial charge in [-0.15, -0.1) is 0 Å². The maximum Gasteiger partial charge on any atom is 0.416 e. The van der Waals surface area contributed by atoms with Crippen molar-refractivity contribution >= 4 is 23.1 Å². The fourth-order valence-corrected chi connectivity index (χ4v) is 3.66. The van der Waals surface area contributed by atoms with Crippen LogP contribution in [0.15, 0.2) is 78.4 Å². The predicted molar refractivity (Wildman–Crippen MR) is 109 cm³/mol. The van der Waals surface area contributed by atoms with Crippen LogP contribution in [0.3, 0.4) is 0 Å². The second-order valence-electron chi connectivity index (χ2n) is 7.24. The Kier molecular flexibility index (Phi) is 5.49. The fourth-order valence-electron chi connectivity index (χ4n) is 3.66. The maximum atomic E-state index is 14.7. The van der Waals surface area contributed by atoms with Crippen molar-refractivity contribution in [3.05, 3.63) is 107 Å². The summed E-state index contributed by atoms with van der Waals surface area (Å²) in [6.07, 6.45) is -4.62. The van der Waals surface area contributed by atoms with E-state index in [4.69, 9.17) is 0 Å². The van der Waals surface area contributed by atoms with Crippen molar-refractivity contribution in [1.29, 1.82) is 0 Å². The second kappa shape index (κ2) is 8.16. The SMILES string of the molecule is O=C1C(=O)N(c2ccc(C(F)(F)F)cc2)C(c2ccccc2F)/C1=C(\O)c1ccc(F)cc1. The molecule has 1 saturated heterocycles. The summed E-state index contributed by atoms with van der Waals surface area (Å²) in [4.78, 5) is 26.6. The van der Waals surface area contributed by atoms with Crippen LogP contribution in [0.1, 0.15) is 22.7 Å². The second-order valence-corrected chi connectivity index (χ2v) is 7.24. The van der Waals surface area contributed by atoms with Gasteiger partial charge in [0.1, 0.15) is 17.4 Å². The van der Waals surface area contributed by atoms with Gasteiger partial charge in [0.25, 0.3) is 11.7 Å². The number of aliphatic hydroxyl groups excluding tert-OH is 1. The lowest BCUT2D eigenvalue weighted by Crippen LogP contribution is -2.30. The molecule has 1 aliphatic rings. The lowest BCUT2D eigenvalue weighted by Gasteiger charge is -2.26. The third-order valence-electron chi connectivity index (χ3n) is 5.23. The normalized spacial score (nSPS) is 18.1. The van der Waals surface area contributed by atoms with Gasteiger partial charge in [-0.3, -0.25) is 14.5 Å². The van der Waals surface area contributed by atoms with E-state index >= 15 is 0 Å². The first kappa shape index (κ1) is 22.2. The largest absolute Gasteiger partial charge is 0.507 e. The molecule has 0 bridgehead atoms.